The molecule has 3 aromatic rings. The number of anilines is 1. The largest absolute Gasteiger partial charge is 0.436 e. The highest BCUT2D eigenvalue weighted by Crippen LogP contribution is 2.37. The van der Waals surface area contributed by atoms with Crippen LogP contribution in [0.3, 0.4) is 0 Å². The highest BCUT2D eigenvalue weighted by Gasteiger charge is 2.46. The van der Waals surface area contributed by atoms with Crippen molar-refractivity contribution in [1.82, 2.24) is 9.97 Å². The monoisotopic (exact) mass is 565 g/mol. The normalized spacial score (nSPS) is 15.7. The molecule has 1 fully saturated rings. The SMILES string of the molecule is Cc1nc(F)ccc1Oc1ncc(C(F)(F)F)c(C)c1C(=O)Nc1cccc([S@@](C)(=O)=NC(=O)C2(N)CC2)c1. The molecule has 0 saturated heterocycles. The van der Waals surface area contributed by atoms with Gasteiger partial charge in [0.25, 0.3) is 11.8 Å². The first-order valence-electron chi connectivity index (χ1n) is 11.5. The van der Waals surface area contributed by atoms with E-state index in [-0.39, 0.29) is 22.0 Å². The number of amides is 2. The average molecular weight is 566 g/mol. The Morgan fingerprint density at radius 1 is 1.18 bits per heavy atom. The van der Waals surface area contributed by atoms with E-state index < -0.39 is 61.8 Å². The Bertz CT molecular complexity index is 1610. The van der Waals surface area contributed by atoms with Crippen molar-refractivity contribution in [2.45, 2.75) is 43.3 Å². The number of ether oxygens (including phenoxy) is 1. The van der Waals surface area contributed by atoms with E-state index in [9.17, 15) is 31.4 Å². The number of aryl methyl sites for hydroxylation is 1. The molecule has 2 heterocycles. The van der Waals surface area contributed by atoms with Crippen molar-refractivity contribution >= 4 is 27.2 Å². The molecule has 0 bridgehead atoms. The van der Waals surface area contributed by atoms with Crippen LogP contribution < -0.4 is 15.8 Å². The standard InChI is InChI=1S/C25H23F4N5O4S/c1-13-17(25(27,28)29)12-31-22(38-18-7-8-19(26)32-14(18)2)20(13)21(35)33-15-5-4-6-16(11-15)39(3,37)34-23(36)24(30)9-10-24/h4-8,11-12H,9-10,30H2,1-3H3,(H,33,35)/t39-/m1/s1. The first-order valence-corrected chi connectivity index (χ1v) is 13.4. The van der Waals surface area contributed by atoms with Crippen molar-refractivity contribution in [3.63, 3.8) is 0 Å². The molecular weight excluding hydrogens is 542 g/mol. The van der Waals surface area contributed by atoms with Crippen molar-refractivity contribution < 1.29 is 36.1 Å². The molecule has 14 heteroatoms. The number of aromatic nitrogens is 2. The van der Waals surface area contributed by atoms with Gasteiger partial charge in [-0.1, -0.05) is 6.07 Å². The lowest BCUT2D eigenvalue weighted by atomic mass is 10.0. The molecule has 1 aliphatic carbocycles. The van der Waals surface area contributed by atoms with E-state index in [1.807, 2.05) is 0 Å². The number of halogens is 4. The van der Waals surface area contributed by atoms with Crippen LogP contribution in [0.1, 0.15) is 40.0 Å². The van der Waals surface area contributed by atoms with Crippen LogP contribution in [0, 0.1) is 19.8 Å². The zero-order valence-corrected chi connectivity index (χ0v) is 21.7. The van der Waals surface area contributed by atoms with Gasteiger partial charge in [-0.15, -0.1) is 0 Å². The summed E-state index contributed by atoms with van der Waals surface area (Å²) in [6.07, 6.45) is -2.18. The van der Waals surface area contributed by atoms with Gasteiger partial charge < -0.3 is 15.8 Å². The fourth-order valence-corrected chi connectivity index (χ4v) is 4.87. The van der Waals surface area contributed by atoms with Gasteiger partial charge in [0.2, 0.25) is 11.8 Å². The lowest BCUT2D eigenvalue weighted by Crippen LogP contribution is -2.31. The van der Waals surface area contributed by atoms with Crippen LogP contribution in [0.15, 0.2) is 51.9 Å². The maximum absolute atomic E-state index is 13.6. The number of nitrogens with two attached hydrogens (primary N) is 1. The molecule has 1 aliphatic rings. The Kier molecular flexibility index (Phi) is 7.21. The summed E-state index contributed by atoms with van der Waals surface area (Å²) in [5, 5.41) is 2.46. The second-order valence-corrected chi connectivity index (χ2v) is 11.4. The number of carbonyl (C=O) groups excluding carboxylic acids is 2. The number of benzene rings is 1. The maximum Gasteiger partial charge on any atom is 0.418 e. The van der Waals surface area contributed by atoms with Gasteiger partial charge in [-0.25, -0.2) is 14.2 Å². The van der Waals surface area contributed by atoms with Crippen LogP contribution in [0.5, 0.6) is 11.6 Å². The second kappa shape index (κ2) is 10.0. The Morgan fingerprint density at radius 2 is 1.87 bits per heavy atom. The first kappa shape index (κ1) is 28.1. The molecule has 2 amide bonds. The average Bonchev–Trinajstić information content (AvgIpc) is 3.58. The van der Waals surface area contributed by atoms with E-state index in [1.165, 1.54) is 43.5 Å². The number of carbonyl (C=O) groups is 2. The van der Waals surface area contributed by atoms with Gasteiger partial charge in [0.05, 0.1) is 26.5 Å². The van der Waals surface area contributed by atoms with Crippen LogP contribution in [0.25, 0.3) is 0 Å². The van der Waals surface area contributed by atoms with Gasteiger partial charge in [-0.05, 0) is 62.6 Å². The molecule has 2 aromatic heterocycles. The second-order valence-electron chi connectivity index (χ2n) is 9.13. The van der Waals surface area contributed by atoms with E-state index in [0.29, 0.717) is 19.0 Å². The highest BCUT2D eigenvalue weighted by atomic mass is 32.2. The highest BCUT2D eigenvalue weighted by molar-refractivity contribution is 7.93. The fraction of sp³-hybridized carbons (Fsp3) is 0.280. The van der Waals surface area contributed by atoms with Gasteiger partial charge in [0.1, 0.15) is 5.56 Å². The van der Waals surface area contributed by atoms with Gasteiger partial charge in [0, 0.05) is 23.0 Å². The van der Waals surface area contributed by atoms with Crippen molar-refractivity contribution in [1.29, 1.82) is 0 Å². The van der Waals surface area contributed by atoms with Crippen molar-refractivity contribution in [2.24, 2.45) is 10.1 Å². The molecule has 4 rings (SSSR count). The summed E-state index contributed by atoms with van der Waals surface area (Å²) in [7, 11) is -3.25. The van der Waals surface area contributed by atoms with E-state index in [1.54, 1.807) is 0 Å². The van der Waals surface area contributed by atoms with Crippen LogP contribution in [-0.2, 0) is 20.7 Å². The topological polar surface area (TPSA) is 137 Å². The Labute approximate surface area is 221 Å². The number of nitrogens with one attached hydrogen (secondary N) is 1. The quantitative estimate of drug-likeness (QED) is 0.325. The zero-order chi connectivity index (χ0) is 28.8. The van der Waals surface area contributed by atoms with Crippen molar-refractivity contribution in [3.8, 4) is 11.6 Å². The Morgan fingerprint density at radius 3 is 2.49 bits per heavy atom. The summed E-state index contributed by atoms with van der Waals surface area (Å²) in [6.45, 7) is 2.50. The number of hydrogen-bond acceptors (Lipinski definition) is 7. The smallest absolute Gasteiger partial charge is 0.418 e. The third kappa shape index (κ3) is 6.06. The molecule has 206 valence electrons. The number of rotatable bonds is 6. The summed E-state index contributed by atoms with van der Waals surface area (Å²) >= 11 is 0. The molecule has 3 N–H and O–H groups in total. The van der Waals surface area contributed by atoms with E-state index in [0.717, 1.165) is 13.0 Å². The first-order chi connectivity index (χ1) is 18.1. The van der Waals surface area contributed by atoms with E-state index in [2.05, 4.69) is 19.6 Å². The summed E-state index contributed by atoms with van der Waals surface area (Å²) in [5.41, 5.74) is 2.70. The summed E-state index contributed by atoms with van der Waals surface area (Å²) in [4.78, 5) is 33.0. The van der Waals surface area contributed by atoms with Crippen molar-refractivity contribution in [2.75, 3.05) is 11.6 Å². The third-order valence-electron chi connectivity index (χ3n) is 6.05. The van der Waals surface area contributed by atoms with Crippen molar-refractivity contribution in [3.05, 3.63) is 70.9 Å². The van der Waals surface area contributed by atoms with Gasteiger partial charge in [-0.2, -0.15) is 21.9 Å². The molecule has 9 nitrogen and oxygen atoms in total. The molecule has 0 unspecified atom stereocenters. The minimum absolute atomic E-state index is 0.0237. The van der Waals surface area contributed by atoms with Gasteiger partial charge in [0.15, 0.2) is 5.75 Å². The Hall–Kier alpha value is -3.91. The number of alkyl halides is 3. The molecule has 0 aliphatic heterocycles. The lowest BCUT2D eigenvalue weighted by Gasteiger charge is -2.17. The van der Waals surface area contributed by atoms with Crippen LogP contribution in [-0.4, -0.2) is 37.8 Å². The maximum atomic E-state index is 13.6. The van der Waals surface area contributed by atoms with E-state index in [4.69, 9.17) is 10.5 Å². The minimum atomic E-state index is -4.82. The molecule has 0 spiro atoms. The Balaban J connectivity index is 1.71. The number of nitrogens with zero attached hydrogens (tertiary/aromatic N) is 3. The summed E-state index contributed by atoms with van der Waals surface area (Å²) in [5.74, 6) is -3.00. The van der Waals surface area contributed by atoms with E-state index >= 15 is 0 Å². The minimum Gasteiger partial charge on any atom is -0.436 e. The molecule has 1 atom stereocenters. The predicted molar refractivity (Wildman–Crippen MR) is 133 cm³/mol. The fourth-order valence-electron chi connectivity index (χ4n) is 3.59. The number of hydrogen-bond donors (Lipinski definition) is 2. The lowest BCUT2D eigenvalue weighted by molar-refractivity contribution is -0.138. The molecule has 39 heavy (non-hydrogen) atoms. The third-order valence-corrected chi connectivity index (χ3v) is 7.69. The molecular formula is C25H23F4N5O4S. The van der Waals surface area contributed by atoms with Crippen LogP contribution >= 0.6 is 0 Å². The van der Waals surface area contributed by atoms with Crippen LogP contribution in [0.4, 0.5) is 23.2 Å². The summed E-state index contributed by atoms with van der Waals surface area (Å²) in [6, 6.07) is 7.75. The predicted octanol–water partition coefficient (Wildman–Crippen LogP) is 4.77. The molecule has 1 saturated carbocycles. The molecule has 1 aromatic carbocycles. The molecule has 0 radical (unpaired) electrons. The summed E-state index contributed by atoms with van der Waals surface area (Å²) < 4.78 is 76.8. The zero-order valence-electron chi connectivity index (χ0n) is 20.9. The van der Waals surface area contributed by atoms with Crippen LogP contribution in [0.2, 0.25) is 0 Å². The van der Waals surface area contributed by atoms with Gasteiger partial charge in [-0.3, -0.25) is 9.59 Å². The van der Waals surface area contributed by atoms with Gasteiger partial charge >= 0.3 is 6.18 Å². The number of pyridine rings is 2.